The normalized spacial score (nSPS) is 12.4. The number of hydrazine groups is 1. The minimum atomic E-state index is -0.250. The first-order valence-corrected chi connectivity index (χ1v) is 7.36. The first kappa shape index (κ1) is 15.2. The monoisotopic (exact) mass is 336 g/mol. The number of hydrogen-bond acceptors (Lipinski definition) is 2. The molecule has 0 aromatic heterocycles. The molecule has 0 aliphatic carbocycles. The van der Waals surface area contributed by atoms with Crippen molar-refractivity contribution in [2.24, 2.45) is 5.84 Å². The molecule has 2 aromatic carbocycles. The van der Waals surface area contributed by atoms with E-state index < -0.39 is 0 Å². The number of rotatable bonds is 5. The van der Waals surface area contributed by atoms with Crippen LogP contribution in [-0.4, -0.2) is 0 Å². The molecule has 0 fully saturated rings. The number of hydrogen-bond donors (Lipinski definition) is 2. The molecule has 0 amide bonds. The maximum atomic E-state index is 14.1. The van der Waals surface area contributed by atoms with Crippen LogP contribution in [-0.2, 0) is 6.42 Å². The Kier molecular flexibility index (Phi) is 5.29. The molecule has 0 saturated carbocycles. The van der Waals surface area contributed by atoms with Crippen molar-refractivity contribution >= 4 is 15.9 Å². The fourth-order valence-corrected chi connectivity index (χ4v) is 2.68. The van der Waals surface area contributed by atoms with Crippen molar-refractivity contribution in [2.45, 2.75) is 25.8 Å². The summed E-state index contributed by atoms with van der Waals surface area (Å²) in [5, 5.41) is 0. The number of aryl methyl sites for hydroxylation is 2. The molecule has 0 aliphatic heterocycles. The van der Waals surface area contributed by atoms with Gasteiger partial charge in [0.25, 0.3) is 0 Å². The van der Waals surface area contributed by atoms with E-state index in [1.54, 1.807) is 12.1 Å². The Morgan fingerprint density at radius 1 is 1.25 bits per heavy atom. The van der Waals surface area contributed by atoms with Gasteiger partial charge in [0, 0.05) is 11.6 Å². The predicted octanol–water partition coefficient (Wildman–Crippen LogP) is 4.03. The molecule has 0 bridgehead atoms. The van der Waals surface area contributed by atoms with E-state index in [1.807, 2.05) is 12.1 Å². The lowest BCUT2D eigenvalue weighted by Crippen LogP contribution is -2.29. The van der Waals surface area contributed by atoms with Crippen molar-refractivity contribution < 1.29 is 4.39 Å². The molecule has 2 aromatic rings. The summed E-state index contributed by atoms with van der Waals surface area (Å²) in [7, 11) is 0. The summed E-state index contributed by atoms with van der Waals surface area (Å²) in [4.78, 5) is 0. The fraction of sp³-hybridized carbons (Fsp3) is 0.250. The Hall–Kier alpha value is -1.23. The van der Waals surface area contributed by atoms with E-state index in [0.717, 1.165) is 12.8 Å². The predicted molar refractivity (Wildman–Crippen MR) is 83.7 cm³/mol. The van der Waals surface area contributed by atoms with Gasteiger partial charge in [-0.3, -0.25) is 11.3 Å². The van der Waals surface area contributed by atoms with Crippen LogP contribution in [0, 0.1) is 12.7 Å². The summed E-state index contributed by atoms with van der Waals surface area (Å²) in [6.45, 7) is 2.07. The number of halogens is 2. The van der Waals surface area contributed by atoms with Crippen molar-refractivity contribution in [1.82, 2.24) is 5.43 Å². The summed E-state index contributed by atoms with van der Waals surface area (Å²) in [5.74, 6) is 5.34. The lowest BCUT2D eigenvalue weighted by Gasteiger charge is -2.17. The highest BCUT2D eigenvalue weighted by atomic mass is 79.9. The Labute approximate surface area is 127 Å². The number of benzene rings is 2. The molecular weight excluding hydrogens is 319 g/mol. The molecule has 4 heteroatoms. The second-order valence-electron chi connectivity index (χ2n) is 4.89. The maximum absolute atomic E-state index is 14.1. The molecule has 20 heavy (non-hydrogen) atoms. The molecule has 0 radical (unpaired) electrons. The third-order valence-corrected chi connectivity index (χ3v) is 3.97. The summed E-state index contributed by atoms with van der Waals surface area (Å²) < 4.78 is 14.5. The van der Waals surface area contributed by atoms with E-state index in [1.165, 1.54) is 11.1 Å². The second kappa shape index (κ2) is 6.97. The fourth-order valence-electron chi connectivity index (χ4n) is 2.30. The van der Waals surface area contributed by atoms with Crippen LogP contribution in [0.15, 0.2) is 46.9 Å². The molecule has 0 heterocycles. The second-order valence-corrected chi connectivity index (χ2v) is 5.74. The highest BCUT2D eigenvalue weighted by molar-refractivity contribution is 9.10. The van der Waals surface area contributed by atoms with Crippen LogP contribution < -0.4 is 11.3 Å². The minimum absolute atomic E-state index is 0.201. The van der Waals surface area contributed by atoms with E-state index in [0.29, 0.717) is 10.0 Å². The van der Waals surface area contributed by atoms with Crippen molar-refractivity contribution in [1.29, 1.82) is 0 Å². The highest BCUT2D eigenvalue weighted by Crippen LogP contribution is 2.26. The smallest absolute Gasteiger partial charge is 0.142 e. The number of nitrogens with one attached hydrogen (secondary N) is 1. The van der Waals surface area contributed by atoms with E-state index in [-0.39, 0.29) is 11.9 Å². The van der Waals surface area contributed by atoms with E-state index >= 15 is 0 Å². The molecule has 2 rings (SSSR count). The van der Waals surface area contributed by atoms with Crippen LogP contribution in [0.2, 0.25) is 0 Å². The zero-order valence-electron chi connectivity index (χ0n) is 11.4. The first-order valence-electron chi connectivity index (χ1n) is 6.57. The largest absolute Gasteiger partial charge is 0.271 e. The molecule has 1 unspecified atom stereocenters. The average molecular weight is 337 g/mol. The third kappa shape index (κ3) is 3.66. The Morgan fingerprint density at radius 2 is 2.00 bits per heavy atom. The highest BCUT2D eigenvalue weighted by Gasteiger charge is 2.16. The summed E-state index contributed by atoms with van der Waals surface area (Å²) in [5.41, 5.74) is 5.77. The van der Waals surface area contributed by atoms with Gasteiger partial charge < -0.3 is 0 Å². The molecule has 2 nitrogen and oxygen atoms in total. The lowest BCUT2D eigenvalue weighted by atomic mass is 9.98. The minimum Gasteiger partial charge on any atom is -0.271 e. The van der Waals surface area contributed by atoms with Gasteiger partial charge in [-0.15, -0.1) is 0 Å². The van der Waals surface area contributed by atoms with Gasteiger partial charge in [0.05, 0.1) is 4.47 Å². The molecule has 0 saturated heterocycles. The van der Waals surface area contributed by atoms with Crippen molar-refractivity contribution in [3.8, 4) is 0 Å². The van der Waals surface area contributed by atoms with Crippen molar-refractivity contribution in [3.63, 3.8) is 0 Å². The van der Waals surface area contributed by atoms with E-state index in [9.17, 15) is 4.39 Å². The SMILES string of the molecule is Cc1cccc(CCC(NN)c2cccc(Br)c2F)c1. The van der Waals surface area contributed by atoms with Gasteiger partial charge in [0.2, 0.25) is 0 Å². The van der Waals surface area contributed by atoms with Crippen LogP contribution in [0.5, 0.6) is 0 Å². The topological polar surface area (TPSA) is 38.0 Å². The van der Waals surface area contributed by atoms with Gasteiger partial charge in [0.15, 0.2) is 0 Å². The molecular formula is C16H18BrFN2. The molecule has 106 valence electrons. The lowest BCUT2D eigenvalue weighted by molar-refractivity contribution is 0.483. The molecule has 0 spiro atoms. The third-order valence-electron chi connectivity index (χ3n) is 3.36. The van der Waals surface area contributed by atoms with Gasteiger partial charge in [-0.25, -0.2) is 4.39 Å². The van der Waals surface area contributed by atoms with Gasteiger partial charge >= 0.3 is 0 Å². The summed E-state index contributed by atoms with van der Waals surface area (Å²) in [6.07, 6.45) is 1.59. The van der Waals surface area contributed by atoms with Gasteiger partial charge in [0.1, 0.15) is 5.82 Å². The Bertz CT molecular complexity index is 586. The maximum Gasteiger partial charge on any atom is 0.142 e. The summed E-state index contributed by atoms with van der Waals surface area (Å²) in [6, 6.07) is 13.4. The van der Waals surface area contributed by atoms with Gasteiger partial charge in [-0.05, 0) is 47.3 Å². The first-order chi connectivity index (χ1) is 9.61. The Balaban J connectivity index is 2.11. The van der Waals surface area contributed by atoms with Crippen molar-refractivity contribution in [3.05, 3.63) is 69.4 Å². The van der Waals surface area contributed by atoms with Gasteiger partial charge in [-0.2, -0.15) is 0 Å². The van der Waals surface area contributed by atoms with Crippen LogP contribution in [0.3, 0.4) is 0 Å². The van der Waals surface area contributed by atoms with Crippen molar-refractivity contribution in [2.75, 3.05) is 0 Å². The number of nitrogens with two attached hydrogens (primary N) is 1. The van der Waals surface area contributed by atoms with Crippen LogP contribution in [0.1, 0.15) is 29.2 Å². The molecule has 1 atom stereocenters. The van der Waals surface area contributed by atoms with Gasteiger partial charge in [-0.1, -0.05) is 42.0 Å². The zero-order chi connectivity index (χ0) is 14.5. The van der Waals surface area contributed by atoms with Crippen LogP contribution >= 0.6 is 15.9 Å². The summed E-state index contributed by atoms with van der Waals surface area (Å²) >= 11 is 3.21. The average Bonchev–Trinajstić information content (AvgIpc) is 2.44. The molecule has 0 aliphatic rings. The quantitative estimate of drug-likeness (QED) is 0.638. The standard InChI is InChI=1S/C16H18BrFN2/c1-11-4-2-5-12(10-11)8-9-15(20-19)13-6-3-7-14(17)16(13)18/h2-7,10,15,20H,8-9,19H2,1H3. The van der Waals surface area contributed by atoms with Crippen LogP contribution in [0.4, 0.5) is 4.39 Å². The molecule has 3 N–H and O–H groups in total. The van der Waals surface area contributed by atoms with Crippen LogP contribution in [0.25, 0.3) is 0 Å². The zero-order valence-corrected chi connectivity index (χ0v) is 13.0. The Morgan fingerprint density at radius 3 is 2.70 bits per heavy atom. The van der Waals surface area contributed by atoms with E-state index in [2.05, 4.69) is 46.5 Å². The van der Waals surface area contributed by atoms with E-state index in [4.69, 9.17) is 5.84 Å².